The summed E-state index contributed by atoms with van der Waals surface area (Å²) in [6, 6.07) is 6.79. The van der Waals surface area contributed by atoms with Crippen molar-refractivity contribution in [2.45, 2.75) is 77.4 Å². The normalized spacial score (nSPS) is 29.2. The molecule has 1 amide bonds. The van der Waals surface area contributed by atoms with Crippen molar-refractivity contribution in [3.05, 3.63) is 41.8 Å². The maximum absolute atomic E-state index is 13.9. The number of nitrogens with one attached hydrogen (secondary N) is 1. The summed E-state index contributed by atoms with van der Waals surface area (Å²) in [4.78, 5) is 17.3. The molecule has 2 fully saturated rings. The third-order valence-electron chi connectivity index (χ3n) is 7.44. The number of aliphatic hydroxyl groups is 1. The van der Waals surface area contributed by atoms with Gasteiger partial charge in [-0.3, -0.25) is 9.78 Å². The molecule has 0 saturated heterocycles. The standard InChI is InChI=1S/C25H33FN2O2/c1-23(2,3)28-22(29)24(4,5)25(30)13-16-10-15(11-17(16)14-25)19-8-9-27-21-7-6-18(26)12-20(19)21/h6-9,12,15-17,30H,10-11,13-14H2,1-5H3,(H,28,29)/t15?,16-,17+,25?. The SMILES string of the molecule is CC(C)(C)NC(=O)C(C)(C)C1(O)C[C@H]2CC(c3ccnc4ccc(F)cc34)C[C@H]2C1. The van der Waals surface area contributed by atoms with Gasteiger partial charge < -0.3 is 10.4 Å². The molecular formula is C25H33FN2O2. The van der Waals surface area contributed by atoms with Crippen LogP contribution < -0.4 is 5.32 Å². The summed E-state index contributed by atoms with van der Waals surface area (Å²) in [7, 11) is 0. The molecule has 4 nitrogen and oxygen atoms in total. The Morgan fingerprint density at radius 3 is 2.37 bits per heavy atom. The van der Waals surface area contributed by atoms with Gasteiger partial charge in [0.15, 0.2) is 0 Å². The number of rotatable bonds is 3. The summed E-state index contributed by atoms with van der Waals surface area (Å²) in [5.41, 5.74) is -0.214. The van der Waals surface area contributed by atoms with Gasteiger partial charge in [-0.1, -0.05) is 0 Å². The van der Waals surface area contributed by atoms with Gasteiger partial charge in [0.2, 0.25) is 5.91 Å². The second kappa shape index (κ2) is 7.01. The zero-order valence-electron chi connectivity index (χ0n) is 18.6. The average molecular weight is 413 g/mol. The number of aromatic nitrogens is 1. The number of nitrogens with zero attached hydrogens (tertiary/aromatic N) is 1. The second-order valence-corrected chi connectivity index (χ2v) is 11.0. The fourth-order valence-corrected chi connectivity index (χ4v) is 5.63. The lowest BCUT2D eigenvalue weighted by atomic mass is 9.71. The predicted molar refractivity (Wildman–Crippen MR) is 117 cm³/mol. The summed E-state index contributed by atoms with van der Waals surface area (Å²) in [6.45, 7) is 9.61. The van der Waals surface area contributed by atoms with Gasteiger partial charge in [-0.25, -0.2) is 4.39 Å². The molecule has 1 aromatic heterocycles. The molecule has 0 radical (unpaired) electrons. The minimum absolute atomic E-state index is 0.0929. The van der Waals surface area contributed by atoms with Crippen molar-refractivity contribution in [3.8, 4) is 0 Å². The second-order valence-electron chi connectivity index (χ2n) is 11.0. The smallest absolute Gasteiger partial charge is 0.228 e. The number of carbonyl (C=O) groups is 1. The Bertz CT molecular complexity index is 965. The van der Waals surface area contributed by atoms with E-state index in [1.165, 1.54) is 6.07 Å². The number of amides is 1. The summed E-state index contributed by atoms with van der Waals surface area (Å²) in [5.74, 6) is 0.751. The van der Waals surface area contributed by atoms with Crippen LogP contribution in [-0.2, 0) is 4.79 Å². The zero-order valence-corrected chi connectivity index (χ0v) is 18.6. The number of fused-ring (bicyclic) bond motifs is 2. The van der Waals surface area contributed by atoms with E-state index in [0.717, 1.165) is 29.3 Å². The van der Waals surface area contributed by atoms with Gasteiger partial charge in [0.25, 0.3) is 0 Å². The Morgan fingerprint density at radius 2 is 1.77 bits per heavy atom. The molecule has 162 valence electrons. The fourth-order valence-electron chi connectivity index (χ4n) is 5.63. The lowest BCUT2D eigenvalue weighted by Gasteiger charge is -2.41. The number of halogens is 1. The van der Waals surface area contributed by atoms with E-state index in [9.17, 15) is 14.3 Å². The summed E-state index contributed by atoms with van der Waals surface area (Å²) < 4.78 is 13.9. The first-order chi connectivity index (χ1) is 13.9. The van der Waals surface area contributed by atoms with E-state index in [2.05, 4.69) is 10.3 Å². The van der Waals surface area contributed by atoms with Crippen LogP contribution in [0.15, 0.2) is 30.5 Å². The zero-order chi connectivity index (χ0) is 21.9. The highest BCUT2D eigenvalue weighted by molar-refractivity contribution is 5.84. The molecule has 2 aliphatic carbocycles. The minimum atomic E-state index is -1.00. The molecule has 1 aromatic carbocycles. The molecule has 5 heteroatoms. The molecule has 0 aliphatic heterocycles. The molecule has 2 aliphatic rings. The molecule has 2 saturated carbocycles. The van der Waals surface area contributed by atoms with Crippen molar-refractivity contribution in [2.75, 3.05) is 0 Å². The fraction of sp³-hybridized carbons (Fsp3) is 0.600. The molecule has 0 bridgehead atoms. The van der Waals surface area contributed by atoms with E-state index in [4.69, 9.17) is 0 Å². The van der Waals surface area contributed by atoms with Crippen molar-refractivity contribution in [3.63, 3.8) is 0 Å². The predicted octanol–water partition coefficient (Wildman–Crippen LogP) is 4.95. The molecule has 4 rings (SSSR count). The molecule has 2 N–H and O–H groups in total. The van der Waals surface area contributed by atoms with Gasteiger partial charge in [-0.2, -0.15) is 0 Å². The van der Waals surface area contributed by atoms with Crippen molar-refractivity contribution in [1.82, 2.24) is 10.3 Å². The first-order valence-electron chi connectivity index (χ1n) is 11.0. The van der Waals surface area contributed by atoms with Crippen LogP contribution in [0.1, 0.15) is 71.8 Å². The van der Waals surface area contributed by atoms with Crippen LogP contribution >= 0.6 is 0 Å². The third-order valence-corrected chi connectivity index (χ3v) is 7.44. The average Bonchev–Trinajstić information content (AvgIpc) is 3.15. The van der Waals surface area contributed by atoms with Crippen LogP contribution in [0.25, 0.3) is 10.9 Å². The number of benzene rings is 1. The lowest BCUT2D eigenvalue weighted by molar-refractivity contribution is -0.148. The van der Waals surface area contributed by atoms with Crippen LogP contribution in [0.2, 0.25) is 0 Å². The Balaban J connectivity index is 1.53. The van der Waals surface area contributed by atoms with E-state index in [0.29, 0.717) is 30.6 Å². The molecular weight excluding hydrogens is 379 g/mol. The quantitative estimate of drug-likeness (QED) is 0.750. The van der Waals surface area contributed by atoms with Crippen LogP contribution in [0.5, 0.6) is 0 Å². The van der Waals surface area contributed by atoms with Crippen LogP contribution in [0.3, 0.4) is 0 Å². The highest BCUT2D eigenvalue weighted by Crippen LogP contribution is 2.58. The number of carbonyl (C=O) groups excluding carboxylic acids is 1. The van der Waals surface area contributed by atoms with Gasteiger partial charge in [-0.05, 0) is 108 Å². The Hall–Kier alpha value is -2.01. The first-order valence-corrected chi connectivity index (χ1v) is 11.0. The van der Waals surface area contributed by atoms with E-state index < -0.39 is 11.0 Å². The van der Waals surface area contributed by atoms with Gasteiger partial charge in [0, 0.05) is 17.1 Å². The molecule has 0 spiro atoms. The highest BCUT2D eigenvalue weighted by Gasteiger charge is 2.58. The van der Waals surface area contributed by atoms with Crippen molar-refractivity contribution < 1.29 is 14.3 Å². The van der Waals surface area contributed by atoms with Crippen molar-refractivity contribution in [1.29, 1.82) is 0 Å². The number of hydrogen-bond donors (Lipinski definition) is 2. The molecule has 2 aromatic rings. The lowest BCUT2D eigenvalue weighted by Crippen LogP contribution is -2.56. The van der Waals surface area contributed by atoms with E-state index >= 15 is 0 Å². The van der Waals surface area contributed by atoms with Crippen molar-refractivity contribution >= 4 is 16.8 Å². The topological polar surface area (TPSA) is 62.2 Å². The highest BCUT2D eigenvalue weighted by atomic mass is 19.1. The maximum Gasteiger partial charge on any atom is 0.228 e. The Kier molecular flexibility index (Phi) is 4.96. The van der Waals surface area contributed by atoms with E-state index in [1.54, 1.807) is 18.3 Å². The Labute approximate surface area is 178 Å². The van der Waals surface area contributed by atoms with Gasteiger partial charge in [-0.15, -0.1) is 0 Å². The molecule has 4 atom stereocenters. The number of hydrogen-bond acceptors (Lipinski definition) is 3. The maximum atomic E-state index is 13.9. The minimum Gasteiger partial charge on any atom is -0.389 e. The molecule has 1 heterocycles. The molecule has 2 unspecified atom stereocenters. The first kappa shape index (κ1) is 21.2. The van der Waals surface area contributed by atoms with E-state index in [-0.39, 0.29) is 17.3 Å². The summed E-state index contributed by atoms with van der Waals surface area (Å²) in [5, 5.41) is 15.5. The van der Waals surface area contributed by atoms with Gasteiger partial charge in [0.1, 0.15) is 5.82 Å². The number of pyridine rings is 1. The summed E-state index contributed by atoms with van der Waals surface area (Å²) >= 11 is 0. The third kappa shape index (κ3) is 3.62. The largest absolute Gasteiger partial charge is 0.389 e. The van der Waals surface area contributed by atoms with Gasteiger partial charge in [0.05, 0.1) is 16.5 Å². The van der Waals surface area contributed by atoms with Crippen LogP contribution in [-0.4, -0.2) is 27.1 Å². The van der Waals surface area contributed by atoms with Crippen LogP contribution in [0, 0.1) is 23.1 Å². The molecule has 30 heavy (non-hydrogen) atoms. The Morgan fingerprint density at radius 1 is 1.13 bits per heavy atom. The van der Waals surface area contributed by atoms with Crippen molar-refractivity contribution in [2.24, 2.45) is 17.3 Å². The van der Waals surface area contributed by atoms with E-state index in [1.807, 2.05) is 40.7 Å². The summed E-state index contributed by atoms with van der Waals surface area (Å²) in [6.07, 6.45) is 4.99. The van der Waals surface area contributed by atoms with Gasteiger partial charge >= 0.3 is 0 Å². The monoisotopic (exact) mass is 412 g/mol. The van der Waals surface area contributed by atoms with Crippen LogP contribution in [0.4, 0.5) is 4.39 Å².